The zero-order valence-corrected chi connectivity index (χ0v) is 10.8. The molecular formula is C14H20O3. The minimum Gasteiger partial charge on any atom is -0.504 e. The summed E-state index contributed by atoms with van der Waals surface area (Å²) in [6.07, 6.45) is 3.05. The highest BCUT2D eigenvalue weighted by molar-refractivity contribution is 5.55. The summed E-state index contributed by atoms with van der Waals surface area (Å²) < 4.78 is 5.01. The first-order valence-electron chi connectivity index (χ1n) is 5.58. The molecule has 0 spiro atoms. The Morgan fingerprint density at radius 1 is 1.29 bits per heavy atom. The van der Waals surface area contributed by atoms with Crippen LogP contribution in [0.3, 0.4) is 0 Å². The summed E-state index contributed by atoms with van der Waals surface area (Å²) in [5.74, 6) is 0.540. The maximum absolute atomic E-state index is 9.86. The van der Waals surface area contributed by atoms with Gasteiger partial charge in [-0.15, -0.1) is 0 Å². The van der Waals surface area contributed by atoms with Crippen molar-refractivity contribution in [1.82, 2.24) is 0 Å². The van der Waals surface area contributed by atoms with Crippen LogP contribution in [0.4, 0.5) is 0 Å². The van der Waals surface area contributed by atoms with E-state index >= 15 is 0 Å². The number of phenolic OH excluding ortho intramolecular Hbond substituents is 1. The van der Waals surface area contributed by atoms with E-state index in [0.717, 1.165) is 5.56 Å². The SMILES string of the molecule is COc1cc(/C=C/[C@@H](O)C(C)(C)C)ccc1O. The quantitative estimate of drug-likeness (QED) is 0.848. The molecule has 3 nitrogen and oxygen atoms in total. The second-order valence-corrected chi connectivity index (χ2v) is 5.10. The van der Waals surface area contributed by atoms with E-state index in [1.165, 1.54) is 7.11 Å². The third-order valence-corrected chi connectivity index (χ3v) is 2.56. The molecule has 0 bridgehead atoms. The van der Waals surface area contributed by atoms with Crippen LogP contribution in [-0.2, 0) is 0 Å². The van der Waals surface area contributed by atoms with Crippen LogP contribution < -0.4 is 4.74 Å². The highest BCUT2D eigenvalue weighted by atomic mass is 16.5. The van der Waals surface area contributed by atoms with Crippen LogP contribution >= 0.6 is 0 Å². The van der Waals surface area contributed by atoms with E-state index < -0.39 is 6.10 Å². The number of hydrogen-bond donors (Lipinski definition) is 2. The van der Waals surface area contributed by atoms with Crippen molar-refractivity contribution < 1.29 is 14.9 Å². The van der Waals surface area contributed by atoms with Gasteiger partial charge in [-0.05, 0) is 23.1 Å². The molecule has 0 aliphatic rings. The maximum Gasteiger partial charge on any atom is 0.161 e. The largest absolute Gasteiger partial charge is 0.504 e. The number of phenols is 1. The van der Waals surface area contributed by atoms with Gasteiger partial charge < -0.3 is 14.9 Å². The van der Waals surface area contributed by atoms with Gasteiger partial charge in [0.2, 0.25) is 0 Å². The van der Waals surface area contributed by atoms with Crippen LogP contribution in [0.15, 0.2) is 24.3 Å². The minimum absolute atomic E-state index is 0.112. The lowest BCUT2D eigenvalue weighted by atomic mass is 9.89. The maximum atomic E-state index is 9.86. The first-order chi connectivity index (χ1) is 7.84. The molecule has 17 heavy (non-hydrogen) atoms. The second-order valence-electron chi connectivity index (χ2n) is 5.10. The van der Waals surface area contributed by atoms with Gasteiger partial charge in [-0.1, -0.05) is 39.0 Å². The summed E-state index contributed by atoms with van der Waals surface area (Å²) in [6.45, 7) is 5.91. The molecule has 0 fully saturated rings. The molecule has 1 aromatic rings. The lowest BCUT2D eigenvalue weighted by molar-refractivity contribution is 0.106. The highest BCUT2D eigenvalue weighted by Gasteiger charge is 2.18. The molecule has 0 radical (unpaired) electrons. The van der Waals surface area contributed by atoms with Gasteiger partial charge >= 0.3 is 0 Å². The molecule has 3 heteroatoms. The van der Waals surface area contributed by atoms with Crippen molar-refractivity contribution in [1.29, 1.82) is 0 Å². The van der Waals surface area contributed by atoms with E-state index in [2.05, 4.69) is 0 Å². The predicted octanol–water partition coefficient (Wildman–Crippen LogP) is 2.82. The number of benzene rings is 1. The van der Waals surface area contributed by atoms with Crippen LogP contribution in [0.5, 0.6) is 11.5 Å². The summed E-state index contributed by atoms with van der Waals surface area (Å²) >= 11 is 0. The van der Waals surface area contributed by atoms with Crippen molar-refractivity contribution in [3.05, 3.63) is 29.8 Å². The topological polar surface area (TPSA) is 49.7 Å². The molecule has 0 amide bonds. The summed E-state index contributed by atoms with van der Waals surface area (Å²) in [5, 5.41) is 19.3. The molecule has 1 aromatic carbocycles. The fourth-order valence-corrected chi connectivity index (χ4v) is 1.29. The Bertz CT molecular complexity index is 402. The molecule has 0 unspecified atom stereocenters. The summed E-state index contributed by atoms with van der Waals surface area (Å²) in [4.78, 5) is 0. The first-order valence-corrected chi connectivity index (χ1v) is 5.58. The average Bonchev–Trinajstić information content (AvgIpc) is 2.26. The molecular weight excluding hydrogens is 216 g/mol. The molecule has 2 N–H and O–H groups in total. The molecule has 94 valence electrons. The van der Waals surface area contributed by atoms with Gasteiger partial charge in [-0.25, -0.2) is 0 Å². The van der Waals surface area contributed by atoms with Crippen molar-refractivity contribution in [3.63, 3.8) is 0 Å². The number of aliphatic hydroxyl groups excluding tert-OH is 1. The molecule has 1 rings (SSSR count). The van der Waals surface area contributed by atoms with Gasteiger partial charge in [-0.3, -0.25) is 0 Å². The molecule has 0 aromatic heterocycles. The van der Waals surface area contributed by atoms with E-state index in [1.807, 2.05) is 26.8 Å². The third kappa shape index (κ3) is 3.79. The van der Waals surface area contributed by atoms with Gasteiger partial charge in [0, 0.05) is 0 Å². The lowest BCUT2D eigenvalue weighted by Crippen LogP contribution is -2.23. The molecule has 0 aliphatic heterocycles. The molecule has 0 heterocycles. The van der Waals surface area contributed by atoms with Crippen LogP contribution in [0.1, 0.15) is 26.3 Å². The predicted molar refractivity (Wildman–Crippen MR) is 69.2 cm³/mol. The minimum atomic E-state index is -0.512. The zero-order valence-electron chi connectivity index (χ0n) is 10.8. The van der Waals surface area contributed by atoms with Crippen molar-refractivity contribution in [2.24, 2.45) is 5.41 Å². The standard InChI is InChI=1S/C14H20O3/c1-14(2,3)13(16)8-6-10-5-7-11(15)12(9-10)17-4/h5-9,13,15-16H,1-4H3/b8-6+/t13-/m1/s1. The number of hydrogen-bond acceptors (Lipinski definition) is 3. The van der Waals surface area contributed by atoms with Gasteiger partial charge in [0.05, 0.1) is 13.2 Å². The normalized spacial score (nSPS) is 13.9. The summed E-state index contributed by atoms with van der Waals surface area (Å²) in [5.41, 5.74) is 0.695. The van der Waals surface area contributed by atoms with Crippen molar-refractivity contribution in [3.8, 4) is 11.5 Å². The smallest absolute Gasteiger partial charge is 0.161 e. The fraction of sp³-hybridized carbons (Fsp3) is 0.429. The second kappa shape index (κ2) is 5.23. The van der Waals surface area contributed by atoms with E-state index in [1.54, 1.807) is 24.3 Å². The lowest BCUT2D eigenvalue weighted by Gasteiger charge is -2.22. The highest BCUT2D eigenvalue weighted by Crippen LogP contribution is 2.27. The van der Waals surface area contributed by atoms with Crippen molar-refractivity contribution in [2.75, 3.05) is 7.11 Å². The number of rotatable bonds is 3. The Labute approximate surface area is 102 Å². The van der Waals surface area contributed by atoms with Crippen LogP contribution in [-0.4, -0.2) is 23.4 Å². The van der Waals surface area contributed by atoms with Crippen LogP contribution in [0, 0.1) is 5.41 Å². The van der Waals surface area contributed by atoms with E-state index in [-0.39, 0.29) is 11.2 Å². The number of methoxy groups -OCH3 is 1. The van der Waals surface area contributed by atoms with E-state index in [4.69, 9.17) is 4.74 Å². The molecule has 0 aliphatic carbocycles. The third-order valence-electron chi connectivity index (χ3n) is 2.56. The Hall–Kier alpha value is -1.48. The number of aromatic hydroxyl groups is 1. The molecule has 1 atom stereocenters. The Balaban J connectivity index is 2.85. The zero-order chi connectivity index (χ0) is 13.1. The van der Waals surface area contributed by atoms with Crippen LogP contribution in [0.2, 0.25) is 0 Å². The Morgan fingerprint density at radius 2 is 1.94 bits per heavy atom. The number of ether oxygens (including phenoxy) is 1. The van der Waals surface area contributed by atoms with Gasteiger partial charge in [0.15, 0.2) is 11.5 Å². The van der Waals surface area contributed by atoms with E-state index in [9.17, 15) is 10.2 Å². The van der Waals surface area contributed by atoms with Crippen molar-refractivity contribution in [2.45, 2.75) is 26.9 Å². The van der Waals surface area contributed by atoms with Gasteiger partial charge in [0.1, 0.15) is 0 Å². The monoisotopic (exact) mass is 236 g/mol. The molecule has 0 saturated carbocycles. The first kappa shape index (κ1) is 13.6. The Morgan fingerprint density at radius 3 is 2.47 bits per heavy atom. The summed E-state index contributed by atoms with van der Waals surface area (Å²) in [7, 11) is 1.51. The van der Waals surface area contributed by atoms with Gasteiger partial charge in [0.25, 0.3) is 0 Å². The molecule has 0 saturated heterocycles. The fourth-order valence-electron chi connectivity index (χ4n) is 1.29. The van der Waals surface area contributed by atoms with Crippen LogP contribution in [0.25, 0.3) is 6.08 Å². The average molecular weight is 236 g/mol. The Kier molecular flexibility index (Phi) is 4.18. The van der Waals surface area contributed by atoms with Crippen molar-refractivity contribution >= 4 is 6.08 Å². The van der Waals surface area contributed by atoms with E-state index in [0.29, 0.717) is 5.75 Å². The number of aliphatic hydroxyl groups is 1. The summed E-state index contributed by atoms with van der Waals surface area (Å²) in [6, 6.07) is 5.06. The van der Waals surface area contributed by atoms with Gasteiger partial charge in [-0.2, -0.15) is 0 Å².